The molecule has 0 atom stereocenters. The molecule has 5 heteroatoms. The number of phenols is 1. The quantitative estimate of drug-likeness (QED) is 0.541. The van der Waals surface area contributed by atoms with Gasteiger partial charge >= 0.3 is 0 Å². The highest BCUT2D eigenvalue weighted by Crippen LogP contribution is 2.22. The van der Waals surface area contributed by atoms with E-state index in [1.165, 1.54) is 17.7 Å². The van der Waals surface area contributed by atoms with Crippen LogP contribution in [-0.2, 0) is 0 Å². The van der Waals surface area contributed by atoms with Gasteiger partial charge in [-0.2, -0.15) is 5.10 Å². The Morgan fingerprint density at radius 1 is 1.20 bits per heavy atom. The maximum atomic E-state index is 12.0. The van der Waals surface area contributed by atoms with Crippen LogP contribution in [0.4, 0.5) is 0 Å². The van der Waals surface area contributed by atoms with Gasteiger partial charge in [-0.1, -0.05) is 60.1 Å². The van der Waals surface area contributed by atoms with Gasteiger partial charge in [0.1, 0.15) is 5.75 Å². The lowest BCUT2D eigenvalue weighted by Gasteiger charge is -2.05. The smallest absolute Gasteiger partial charge is 0.275 e. The number of hydrogen-bond acceptors (Lipinski definition) is 3. The lowest BCUT2D eigenvalue weighted by molar-refractivity contribution is 0.0952. The van der Waals surface area contributed by atoms with Crippen LogP contribution in [0.2, 0.25) is 0 Å². The van der Waals surface area contributed by atoms with E-state index in [9.17, 15) is 9.90 Å². The number of nitrogens with one attached hydrogen (secondary N) is 1. The molecule has 130 valence electrons. The number of benzene rings is 2. The normalized spacial score (nSPS) is 12.0. The van der Waals surface area contributed by atoms with Gasteiger partial charge in [0.25, 0.3) is 5.91 Å². The summed E-state index contributed by atoms with van der Waals surface area (Å²) in [5.41, 5.74) is 5.86. The third-order valence-corrected chi connectivity index (χ3v) is 4.13. The van der Waals surface area contributed by atoms with E-state index < -0.39 is 5.91 Å². The highest BCUT2D eigenvalue weighted by molar-refractivity contribution is 9.10. The first-order valence-electron chi connectivity index (χ1n) is 7.97. The number of phenolic OH excluding ortho intramolecular Hbond substituents is 1. The van der Waals surface area contributed by atoms with E-state index in [2.05, 4.69) is 64.6 Å². The fourth-order valence-electron chi connectivity index (χ4n) is 2.23. The van der Waals surface area contributed by atoms with Crippen LogP contribution in [-0.4, -0.2) is 17.2 Å². The van der Waals surface area contributed by atoms with E-state index in [1.807, 2.05) is 13.0 Å². The van der Waals surface area contributed by atoms with Crippen LogP contribution in [0.25, 0.3) is 6.08 Å². The van der Waals surface area contributed by atoms with Crippen LogP contribution in [0.5, 0.6) is 5.75 Å². The zero-order chi connectivity index (χ0) is 18.4. The van der Waals surface area contributed by atoms with E-state index in [1.54, 1.807) is 12.3 Å². The molecule has 2 rings (SSSR count). The van der Waals surface area contributed by atoms with Gasteiger partial charge in [0, 0.05) is 4.47 Å². The molecule has 0 saturated heterocycles. The molecular formula is C20H21BrN2O2. The van der Waals surface area contributed by atoms with Crippen molar-refractivity contribution < 1.29 is 9.90 Å². The highest BCUT2D eigenvalue weighted by atomic mass is 79.9. The molecule has 2 N–H and O–H groups in total. The molecule has 2 aromatic rings. The number of carbonyl (C=O) groups is 1. The van der Waals surface area contributed by atoms with E-state index in [-0.39, 0.29) is 11.3 Å². The SMILES string of the molecule is CC(/C=N/NC(=O)c1ccc(Br)cc1O)=C\c1ccc(C(C)C)cc1. The van der Waals surface area contributed by atoms with Gasteiger partial charge < -0.3 is 5.11 Å². The number of aromatic hydroxyl groups is 1. The molecule has 0 aliphatic rings. The Morgan fingerprint density at radius 2 is 1.88 bits per heavy atom. The second kappa shape index (κ2) is 8.62. The Hall–Kier alpha value is -2.40. The van der Waals surface area contributed by atoms with Crippen molar-refractivity contribution in [3.8, 4) is 5.75 Å². The van der Waals surface area contributed by atoms with Gasteiger partial charge in [-0.05, 0) is 47.7 Å². The second-order valence-electron chi connectivity index (χ2n) is 6.07. The van der Waals surface area contributed by atoms with E-state index in [0.29, 0.717) is 10.4 Å². The Bertz CT molecular complexity index is 809. The number of nitrogens with zero attached hydrogens (tertiary/aromatic N) is 1. The van der Waals surface area contributed by atoms with Crippen LogP contribution in [0.1, 0.15) is 48.2 Å². The molecule has 0 saturated carbocycles. The minimum absolute atomic E-state index is 0.0976. The summed E-state index contributed by atoms with van der Waals surface area (Å²) >= 11 is 3.23. The number of allylic oxidation sites excluding steroid dienone is 1. The summed E-state index contributed by atoms with van der Waals surface area (Å²) in [6.45, 7) is 6.23. The molecular weight excluding hydrogens is 380 g/mol. The van der Waals surface area contributed by atoms with Crippen molar-refractivity contribution in [1.82, 2.24) is 5.43 Å². The number of rotatable bonds is 5. The molecule has 2 aromatic carbocycles. The van der Waals surface area contributed by atoms with Crippen molar-refractivity contribution >= 4 is 34.1 Å². The molecule has 0 fully saturated rings. The molecule has 0 spiro atoms. The Balaban J connectivity index is 1.99. The van der Waals surface area contributed by atoms with Crippen LogP contribution in [0.3, 0.4) is 0 Å². The summed E-state index contributed by atoms with van der Waals surface area (Å²) in [4.78, 5) is 12.0. The summed E-state index contributed by atoms with van der Waals surface area (Å²) < 4.78 is 0.701. The van der Waals surface area contributed by atoms with Gasteiger partial charge in [0.15, 0.2) is 0 Å². The minimum atomic E-state index is -0.463. The van der Waals surface area contributed by atoms with Gasteiger partial charge in [-0.3, -0.25) is 4.79 Å². The molecule has 0 aliphatic carbocycles. The number of hydrogen-bond donors (Lipinski definition) is 2. The maximum Gasteiger partial charge on any atom is 0.275 e. The molecule has 0 aliphatic heterocycles. The molecule has 0 unspecified atom stereocenters. The molecule has 1 amide bonds. The average molecular weight is 401 g/mol. The molecule has 0 aromatic heterocycles. The zero-order valence-electron chi connectivity index (χ0n) is 14.5. The lowest BCUT2D eigenvalue weighted by Crippen LogP contribution is -2.17. The topological polar surface area (TPSA) is 61.7 Å². The van der Waals surface area contributed by atoms with Gasteiger partial charge in [-0.25, -0.2) is 5.43 Å². The molecule has 0 radical (unpaired) electrons. The first kappa shape index (κ1) is 18.9. The van der Waals surface area contributed by atoms with Crippen molar-refractivity contribution in [2.75, 3.05) is 0 Å². The summed E-state index contributed by atoms with van der Waals surface area (Å²) in [6.07, 6.45) is 3.56. The minimum Gasteiger partial charge on any atom is -0.507 e. The van der Waals surface area contributed by atoms with Gasteiger partial charge in [0.2, 0.25) is 0 Å². The van der Waals surface area contributed by atoms with Gasteiger partial charge in [-0.15, -0.1) is 0 Å². The predicted molar refractivity (Wildman–Crippen MR) is 106 cm³/mol. The predicted octanol–water partition coefficient (Wildman–Crippen LogP) is 5.10. The van der Waals surface area contributed by atoms with Crippen molar-refractivity contribution in [2.24, 2.45) is 5.10 Å². The monoisotopic (exact) mass is 400 g/mol. The molecule has 4 nitrogen and oxygen atoms in total. The van der Waals surface area contributed by atoms with E-state index >= 15 is 0 Å². The fourth-order valence-corrected chi connectivity index (χ4v) is 2.58. The second-order valence-corrected chi connectivity index (χ2v) is 6.99. The van der Waals surface area contributed by atoms with Crippen molar-refractivity contribution in [3.63, 3.8) is 0 Å². The number of carbonyl (C=O) groups excluding carboxylic acids is 1. The Kier molecular flexibility index (Phi) is 6.53. The summed E-state index contributed by atoms with van der Waals surface area (Å²) in [7, 11) is 0. The standard InChI is InChI=1S/C20H21BrN2O2/c1-13(2)16-6-4-15(5-7-16)10-14(3)12-22-23-20(25)18-9-8-17(21)11-19(18)24/h4-13,24H,1-3H3,(H,23,25)/b14-10+,22-12+. The summed E-state index contributed by atoms with van der Waals surface area (Å²) in [6, 6.07) is 13.0. The zero-order valence-corrected chi connectivity index (χ0v) is 16.0. The first-order valence-corrected chi connectivity index (χ1v) is 8.76. The fraction of sp³-hybridized carbons (Fsp3) is 0.200. The maximum absolute atomic E-state index is 12.0. The lowest BCUT2D eigenvalue weighted by atomic mass is 10.0. The third kappa shape index (κ3) is 5.57. The molecule has 0 bridgehead atoms. The van der Waals surface area contributed by atoms with Crippen molar-refractivity contribution in [3.05, 3.63) is 69.2 Å². The molecule has 25 heavy (non-hydrogen) atoms. The molecule has 0 heterocycles. The van der Waals surface area contributed by atoms with Crippen LogP contribution >= 0.6 is 15.9 Å². The summed E-state index contributed by atoms with van der Waals surface area (Å²) in [5, 5.41) is 13.7. The van der Waals surface area contributed by atoms with E-state index in [4.69, 9.17) is 0 Å². The number of halogens is 1. The van der Waals surface area contributed by atoms with Crippen LogP contribution < -0.4 is 5.43 Å². The Morgan fingerprint density at radius 3 is 2.48 bits per heavy atom. The number of hydrazone groups is 1. The third-order valence-electron chi connectivity index (χ3n) is 3.64. The van der Waals surface area contributed by atoms with Crippen molar-refractivity contribution in [1.29, 1.82) is 0 Å². The van der Waals surface area contributed by atoms with E-state index in [0.717, 1.165) is 11.1 Å². The number of amides is 1. The highest BCUT2D eigenvalue weighted by Gasteiger charge is 2.10. The average Bonchev–Trinajstić information content (AvgIpc) is 2.55. The first-order chi connectivity index (χ1) is 11.9. The van der Waals surface area contributed by atoms with Gasteiger partial charge in [0.05, 0.1) is 11.8 Å². The summed E-state index contributed by atoms with van der Waals surface area (Å²) in [5.74, 6) is -0.0548. The van der Waals surface area contributed by atoms with Crippen molar-refractivity contribution in [2.45, 2.75) is 26.7 Å². The van der Waals surface area contributed by atoms with Crippen LogP contribution in [0, 0.1) is 0 Å². The largest absolute Gasteiger partial charge is 0.507 e. The van der Waals surface area contributed by atoms with Crippen LogP contribution in [0.15, 0.2) is 57.6 Å². The Labute approximate surface area is 156 Å².